The van der Waals surface area contributed by atoms with E-state index < -0.39 is 0 Å². The standard InChI is InChI=1S/C25H34O2/c1-3-4-5-18-26-24-14-8-21(9-15-24)19-27-25-16-12-23(13-17-25)22-10-6-20(2)7-11-22/h8-9,12-17,20,22H,3-7,10-11,18-19H2,1-2H3. The fourth-order valence-electron chi connectivity index (χ4n) is 3.82. The van der Waals surface area contributed by atoms with Crippen LogP contribution in [0.1, 0.15) is 75.8 Å². The van der Waals surface area contributed by atoms with Gasteiger partial charge in [0, 0.05) is 0 Å². The van der Waals surface area contributed by atoms with Crippen LogP contribution in [0.25, 0.3) is 0 Å². The molecule has 0 saturated heterocycles. The summed E-state index contributed by atoms with van der Waals surface area (Å²) in [7, 11) is 0. The number of hydrogen-bond donors (Lipinski definition) is 0. The van der Waals surface area contributed by atoms with Crippen LogP contribution in [0.3, 0.4) is 0 Å². The number of unbranched alkanes of at least 4 members (excludes halogenated alkanes) is 2. The zero-order valence-electron chi connectivity index (χ0n) is 17.0. The zero-order chi connectivity index (χ0) is 18.9. The fraction of sp³-hybridized carbons (Fsp3) is 0.520. The van der Waals surface area contributed by atoms with Crippen molar-refractivity contribution in [3.05, 3.63) is 59.7 Å². The molecule has 146 valence electrons. The van der Waals surface area contributed by atoms with Crippen LogP contribution in [0.2, 0.25) is 0 Å². The summed E-state index contributed by atoms with van der Waals surface area (Å²) in [5.74, 6) is 3.53. The minimum absolute atomic E-state index is 0.594. The lowest BCUT2D eigenvalue weighted by Crippen LogP contribution is -2.10. The Morgan fingerprint density at radius 3 is 2.07 bits per heavy atom. The number of hydrogen-bond acceptors (Lipinski definition) is 2. The van der Waals surface area contributed by atoms with Gasteiger partial charge in [0.1, 0.15) is 18.1 Å². The summed E-state index contributed by atoms with van der Waals surface area (Å²) in [6, 6.07) is 17.0. The van der Waals surface area contributed by atoms with Crippen LogP contribution in [0.4, 0.5) is 0 Å². The summed E-state index contributed by atoms with van der Waals surface area (Å²) in [6.07, 6.45) is 8.95. The lowest BCUT2D eigenvalue weighted by Gasteiger charge is -2.26. The van der Waals surface area contributed by atoms with Gasteiger partial charge in [-0.15, -0.1) is 0 Å². The van der Waals surface area contributed by atoms with Crippen LogP contribution < -0.4 is 9.47 Å². The third kappa shape index (κ3) is 6.30. The van der Waals surface area contributed by atoms with E-state index in [4.69, 9.17) is 9.47 Å². The third-order valence-electron chi connectivity index (χ3n) is 5.71. The first-order chi connectivity index (χ1) is 13.2. The predicted octanol–water partition coefficient (Wildman–Crippen LogP) is 7.13. The van der Waals surface area contributed by atoms with Crippen LogP contribution in [0.15, 0.2) is 48.5 Å². The van der Waals surface area contributed by atoms with Gasteiger partial charge in [-0.1, -0.05) is 63.8 Å². The highest BCUT2D eigenvalue weighted by Gasteiger charge is 2.19. The van der Waals surface area contributed by atoms with Gasteiger partial charge >= 0.3 is 0 Å². The van der Waals surface area contributed by atoms with E-state index in [0.717, 1.165) is 36.4 Å². The Hall–Kier alpha value is -1.96. The Morgan fingerprint density at radius 2 is 1.41 bits per heavy atom. The highest BCUT2D eigenvalue weighted by molar-refractivity contribution is 5.31. The van der Waals surface area contributed by atoms with Crippen LogP contribution in [-0.2, 0) is 6.61 Å². The van der Waals surface area contributed by atoms with Gasteiger partial charge in [0.2, 0.25) is 0 Å². The number of rotatable bonds is 9. The van der Waals surface area contributed by atoms with Gasteiger partial charge in [0.25, 0.3) is 0 Å². The Morgan fingerprint density at radius 1 is 0.778 bits per heavy atom. The molecule has 2 nitrogen and oxygen atoms in total. The maximum absolute atomic E-state index is 5.96. The molecular formula is C25H34O2. The summed E-state index contributed by atoms with van der Waals surface area (Å²) in [5.41, 5.74) is 2.64. The number of ether oxygens (including phenoxy) is 2. The van der Waals surface area contributed by atoms with E-state index in [2.05, 4.69) is 50.2 Å². The summed E-state index contributed by atoms with van der Waals surface area (Å²) in [5, 5.41) is 0. The minimum atomic E-state index is 0.594. The second-order valence-electron chi connectivity index (χ2n) is 8.01. The van der Waals surface area contributed by atoms with E-state index in [1.54, 1.807) is 0 Å². The van der Waals surface area contributed by atoms with Crippen molar-refractivity contribution in [3.8, 4) is 11.5 Å². The van der Waals surface area contributed by atoms with E-state index in [9.17, 15) is 0 Å². The van der Waals surface area contributed by atoms with Crippen molar-refractivity contribution in [1.82, 2.24) is 0 Å². The summed E-state index contributed by atoms with van der Waals surface area (Å²) >= 11 is 0. The first-order valence-electron chi connectivity index (χ1n) is 10.7. The van der Waals surface area contributed by atoms with Crippen LogP contribution in [0, 0.1) is 5.92 Å². The molecule has 0 atom stereocenters. The van der Waals surface area contributed by atoms with Gasteiger partial charge in [-0.3, -0.25) is 0 Å². The van der Waals surface area contributed by atoms with E-state index in [-0.39, 0.29) is 0 Å². The normalized spacial score (nSPS) is 19.6. The Kier molecular flexibility index (Phi) is 7.62. The molecule has 0 radical (unpaired) electrons. The molecule has 2 aromatic rings. The molecule has 3 rings (SSSR count). The van der Waals surface area contributed by atoms with Gasteiger partial charge in [-0.2, -0.15) is 0 Å². The summed E-state index contributed by atoms with van der Waals surface area (Å²) < 4.78 is 11.7. The van der Waals surface area contributed by atoms with Crippen molar-refractivity contribution in [3.63, 3.8) is 0 Å². The summed E-state index contributed by atoms with van der Waals surface area (Å²) in [6.45, 7) is 5.98. The molecule has 1 aliphatic carbocycles. The molecule has 0 aliphatic heterocycles. The molecule has 1 aliphatic rings. The molecule has 27 heavy (non-hydrogen) atoms. The molecule has 0 amide bonds. The Balaban J connectivity index is 1.44. The second kappa shape index (κ2) is 10.4. The van der Waals surface area contributed by atoms with E-state index in [1.807, 2.05) is 12.1 Å². The van der Waals surface area contributed by atoms with Gasteiger partial charge in [-0.25, -0.2) is 0 Å². The molecule has 0 unspecified atom stereocenters. The molecule has 0 bridgehead atoms. The fourth-order valence-corrected chi connectivity index (χ4v) is 3.82. The topological polar surface area (TPSA) is 18.5 Å². The SMILES string of the molecule is CCCCCOc1ccc(COc2ccc(C3CCC(C)CC3)cc2)cc1. The quantitative estimate of drug-likeness (QED) is 0.439. The lowest BCUT2D eigenvalue weighted by atomic mass is 9.79. The molecule has 1 saturated carbocycles. The molecular weight excluding hydrogens is 332 g/mol. The highest BCUT2D eigenvalue weighted by Crippen LogP contribution is 2.36. The molecule has 2 aromatic carbocycles. The molecule has 0 N–H and O–H groups in total. The molecule has 2 heteroatoms. The monoisotopic (exact) mass is 366 g/mol. The molecule has 0 spiro atoms. The average Bonchev–Trinajstić information content (AvgIpc) is 2.72. The van der Waals surface area contributed by atoms with Crippen molar-refractivity contribution in [2.45, 2.75) is 71.3 Å². The molecule has 0 aromatic heterocycles. The van der Waals surface area contributed by atoms with E-state index in [1.165, 1.54) is 49.7 Å². The Bertz CT molecular complexity index is 652. The largest absolute Gasteiger partial charge is 0.494 e. The van der Waals surface area contributed by atoms with Crippen molar-refractivity contribution < 1.29 is 9.47 Å². The van der Waals surface area contributed by atoms with Crippen molar-refractivity contribution in [2.24, 2.45) is 5.92 Å². The smallest absolute Gasteiger partial charge is 0.119 e. The molecule has 1 fully saturated rings. The maximum Gasteiger partial charge on any atom is 0.119 e. The van der Waals surface area contributed by atoms with Crippen molar-refractivity contribution in [2.75, 3.05) is 6.61 Å². The highest BCUT2D eigenvalue weighted by atomic mass is 16.5. The maximum atomic E-state index is 5.96. The second-order valence-corrected chi connectivity index (χ2v) is 8.01. The van der Waals surface area contributed by atoms with E-state index in [0.29, 0.717) is 6.61 Å². The first kappa shape index (κ1) is 19.8. The average molecular weight is 367 g/mol. The summed E-state index contributed by atoms with van der Waals surface area (Å²) in [4.78, 5) is 0. The van der Waals surface area contributed by atoms with Crippen molar-refractivity contribution >= 4 is 0 Å². The van der Waals surface area contributed by atoms with Crippen LogP contribution >= 0.6 is 0 Å². The van der Waals surface area contributed by atoms with Crippen LogP contribution in [0.5, 0.6) is 11.5 Å². The van der Waals surface area contributed by atoms with Gasteiger partial charge in [0.15, 0.2) is 0 Å². The Labute approximate surface area is 164 Å². The van der Waals surface area contributed by atoms with Gasteiger partial charge < -0.3 is 9.47 Å². The van der Waals surface area contributed by atoms with E-state index >= 15 is 0 Å². The van der Waals surface area contributed by atoms with Gasteiger partial charge in [-0.05, 0) is 66.5 Å². The predicted molar refractivity (Wildman–Crippen MR) is 113 cm³/mol. The third-order valence-corrected chi connectivity index (χ3v) is 5.71. The van der Waals surface area contributed by atoms with Crippen LogP contribution in [-0.4, -0.2) is 6.61 Å². The van der Waals surface area contributed by atoms with Gasteiger partial charge in [0.05, 0.1) is 6.61 Å². The zero-order valence-corrected chi connectivity index (χ0v) is 17.0. The minimum Gasteiger partial charge on any atom is -0.494 e. The van der Waals surface area contributed by atoms with Crippen molar-refractivity contribution in [1.29, 1.82) is 0 Å². The number of benzene rings is 2. The first-order valence-corrected chi connectivity index (χ1v) is 10.7. The molecule has 0 heterocycles. The lowest BCUT2D eigenvalue weighted by molar-refractivity contribution is 0.301.